The number of benzene rings is 3. The second-order valence-corrected chi connectivity index (χ2v) is 20.7. The van der Waals surface area contributed by atoms with Gasteiger partial charge in [0, 0.05) is 17.5 Å². The third kappa shape index (κ3) is 9.42. The normalized spacial score (nSPS) is 30.8. The Kier molecular flexibility index (Phi) is 12.6. The van der Waals surface area contributed by atoms with Crippen molar-refractivity contribution in [1.29, 1.82) is 0 Å². The number of phosphoric ester groups is 1. The molecule has 6 heterocycles. The van der Waals surface area contributed by atoms with Gasteiger partial charge in [-0.2, -0.15) is 0 Å². The molecule has 19 nitrogen and oxygen atoms in total. The minimum absolute atomic E-state index is 0.0119. The zero-order valence-corrected chi connectivity index (χ0v) is 36.5. The van der Waals surface area contributed by atoms with Crippen LogP contribution in [0, 0.1) is 6.92 Å². The first kappa shape index (κ1) is 44.9. The number of phosphoric acid groups is 1. The van der Waals surface area contributed by atoms with Gasteiger partial charge in [-0.05, 0) is 53.7 Å². The number of ketones is 1. The van der Waals surface area contributed by atoms with E-state index in [9.17, 15) is 23.8 Å². The molecule has 1 unspecified atom stereocenters. The highest BCUT2D eigenvalue weighted by Crippen LogP contribution is 2.65. The van der Waals surface area contributed by atoms with Crippen LogP contribution < -0.4 is 10.5 Å². The number of allylic oxidation sites excluding steroid dienone is 1. The lowest BCUT2D eigenvalue weighted by molar-refractivity contribution is -0.146. The summed E-state index contributed by atoms with van der Waals surface area (Å²) in [7, 11) is -5.31. The lowest BCUT2D eigenvalue weighted by Gasteiger charge is -2.30. The largest absolute Gasteiger partial charge is 0.472 e. The Balaban J connectivity index is 1.02. The maximum absolute atomic E-state index is 16.7. The van der Waals surface area contributed by atoms with Crippen LogP contribution in [0.3, 0.4) is 0 Å². The van der Waals surface area contributed by atoms with E-state index in [0.29, 0.717) is 28.1 Å². The number of carbonyl (C=O) groups excluding carboxylic acids is 3. The molecule has 65 heavy (non-hydrogen) atoms. The smallest absolute Gasteiger partial charge is 0.423 e. The van der Waals surface area contributed by atoms with E-state index < -0.39 is 101 Å². The van der Waals surface area contributed by atoms with Crippen LogP contribution in [0.2, 0.25) is 0 Å². The molecule has 0 radical (unpaired) electrons. The Hall–Kier alpha value is -5.25. The fraction of sp³-hybridized carbons (Fsp3) is 0.317. The second-order valence-electron chi connectivity index (χ2n) is 15.2. The van der Waals surface area contributed by atoms with E-state index in [0.717, 1.165) is 23.0 Å². The lowest BCUT2D eigenvalue weighted by atomic mass is 9.97. The zero-order valence-electron chi connectivity index (χ0n) is 33.9. The van der Waals surface area contributed by atoms with Crippen molar-refractivity contribution in [2.75, 3.05) is 18.9 Å². The molecule has 3 saturated heterocycles. The third-order valence-corrected chi connectivity index (χ3v) is 15.5. The van der Waals surface area contributed by atoms with Gasteiger partial charge in [0.2, 0.25) is 5.91 Å². The van der Waals surface area contributed by atoms with E-state index in [4.69, 9.17) is 38.0 Å². The minimum Gasteiger partial charge on any atom is -0.423 e. The molecule has 4 aliphatic heterocycles. The average Bonchev–Trinajstić information content (AvgIpc) is 3.95. The van der Waals surface area contributed by atoms with Gasteiger partial charge in [-0.1, -0.05) is 60.2 Å². The van der Waals surface area contributed by atoms with Crippen molar-refractivity contribution in [1.82, 2.24) is 24.4 Å². The van der Waals surface area contributed by atoms with Gasteiger partial charge in [0.05, 0.1) is 31.5 Å². The molecule has 0 aliphatic carbocycles. The van der Waals surface area contributed by atoms with Gasteiger partial charge in [0.1, 0.15) is 42.0 Å². The van der Waals surface area contributed by atoms with Crippen LogP contribution in [0.25, 0.3) is 16.7 Å². The first-order valence-electron chi connectivity index (χ1n) is 19.9. The quantitative estimate of drug-likeness (QED) is 0.0780. The number of ether oxygens (including phenoxy) is 3. The van der Waals surface area contributed by atoms with E-state index in [1.807, 2.05) is 6.92 Å². The molecule has 2 bridgehead atoms. The molecule has 10 atom stereocenters. The summed E-state index contributed by atoms with van der Waals surface area (Å²) in [6.45, 7) is -4.63. The summed E-state index contributed by atoms with van der Waals surface area (Å²) in [5.41, 5.74) is 8.54. The molecule has 1 amide bonds. The number of fused-ring (bicyclic) bond motifs is 4. The van der Waals surface area contributed by atoms with Gasteiger partial charge in [-0.15, -0.1) is 0 Å². The number of aromatic nitrogens is 4. The summed E-state index contributed by atoms with van der Waals surface area (Å²) in [6, 6.07) is 21.3. The van der Waals surface area contributed by atoms with Gasteiger partial charge in [0.15, 0.2) is 42.0 Å². The number of amides is 1. The lowest BCUT2D eigenvalue weighted by Crippen LogP contribution is -2.45. The van der Waals surface area contributed by atoms with Gasteiger partial charge < -0.3 is 24.8 Å². The summed E-state index contributed by atoms with van der Waals surface area (Å²) >= 11 is 0.607. The van der Waals surface area contributed by atoms with E-state index in [-0.39, 0.29) is 34.1 Å². The van der Waals surface area contributed by atoms with Crippen LogP contribution in [-0.2, 0) is 52.0 Å². The fourth-order valence-corrected chi connectivity index (χ4v) is 11.8. The number of carbonyl (C=O) groups is 3. The fourth-order valence-electron chi connectivity index (χ4n) is 7.50. The van der Waals surface area contributed by atoms with Crippen LogP contribution >= 0.6 is 26.0 Å². The molecule has 24 heteroatoms. The Morgan fingerprint density at radius 2 is 1.62 bits per heavy atom. The molecule has 0 spiro atoms. The Morgan fingerprint density at radius 1 is 0.892 bits per heavy atom. The number of hydrogen-bond acceptors (Lipinski definition) is 17. The van der Waals surface area contributed by atoms with E-state index in [1.165, 1.54) is 23.0 Å². The number of hydrogen-bond donors (Lipinski definition) is 2. The van der Waals surface area contributed by atoms with Crippen LogP contribution in [-0.4, -0.2) is 103 Å². The number of imidazole rings is 1. The van der Waals surface area contributed by atoms with Crippen LogP contribution in [0.15, 0.2) is 97.7 Å². The Bertz CT molecular complexity index is 2760. The molecular weight excluding hydrogens is 916 g/mol. The minimum atomic E-state index is -5.31. The SMILES string of the molecule is Cc1ccc(C(=O)Oc2ccc(CS[P@]3(=O)OC[C@H]4O[C@@H](N5C=C(c6ccccc6)C(=O)CC5=O)[C@H](F)[C@@H]4OP(=O)(O)OC[C@H]4O[C@@H](n5cnc6c(N)ncnc65)[C@H](O3)[C@@H]4F)cc2)cc1. The number of esters is 1. The summed E-state index contributed by atoms with van der Waals surface area (Å²) in [5.74, 6) is -1.87. The highest BCUT2D eigenvalue weighted by molar-refractivity contribution is 8.54. The standard InChI is InChI=1S/C41H38F2N6O13P2S/c1-22-7-11-25(12-8-22)41(52)58-26-13-9-23(10-14-26)19-65-64(55)57-18-30-35(33(43)39(60-30)48-16-27(28(50)15-31(48)51)24-5-3-2-4-6-24)61-63(53,54)56-17-29-32(42)36(62-64)40(59-29)49-21-47-34-37(44)45-20-46-38(34)49/h2-14,16,20-21,29-30,32-33,35-36,39-40H,15,17-19H2,1H3,(H,53,54)(H2,44,45,46)/t29-,30-,32-,33-,35-,36-,39-,40-,64-/m1/s1. The van der Waals surface area contributed by atoms with Crippen molar-refractivity contribution in [3.05, 3.63) is 120 Å². The van der Waals surface area contributed by atoms with E-state index in [2.05, 4.69) is 15.0 Å². The highest BCUT2D eigenvalue weighted by Gasteiger charge is 2.56. The maximum atomic E-state index is 16.7. The third-order valence-electron chi connectivity index (χ3n) is 10.8. The number of Topliss-reactive ketones (excluding diaryl/α,β-unsaturated/α-hetero) is 1. The molecule has 9 rings (SSSR count). The molecule has 5 aromatic rings. The number of nitrogens with zero attached hydrogens (tertiary/aromatic N) is 5. The summed E-state index contributed by atoms with van der Waals surface area (Å²) in [6.07, 6.45) is -12.3. The van der Waals surface area contributed by atoms with Crippen LogP contribution in [0.5, 0.6) is 5.75 Å². The van der Waals surface area contributed by atoms with Crippen LogP contribution in [0.4, 0.5) is 14.6 Å². The van der Waals surface area contributed by atoms with Crippen LogP contribution in [0.1, 0.15) is 39.7 Å². The molecule has 3 aromatic carbocycles. The Morgan fingerprint density at radius 3 is 2.37 bits per heavy atom. The van der Waals surface area contributed by atoms with Crippen molar-refractivity contribution in [3.63, 3.8) is 0 Å². The number of nitrogens with two attached hydrogens (primary N) is 1. The van der Waals surface area contributed by atoms with Gasteiger partial charge in [-0.3, -0.25) is 37.2 Å². The van der Waals surface area contributed by atoms with Gasteiger partial charge in [0.25, 0.3) is 0 Å². The van der Waals surface area contributed by atoms with Gasteiger partial charge >= 0.3 is 20.6 Å². The number of aryl methyl sites for hydroxylation is 1. The van der Waals surface area contributed by atoms with E-state index in [1.54, 1.807) is 66.7 Å². The van der Waals surface area contributed by atoms with Crippen molar-refractivity contribution in [2.45, 2.75) is 68.3 Å². The molecule has 4 aliphatic rings. The van der Waals surface area contributed by atoms with Crippen molar-refractivity contribution >= 4 is 66.2 Å². The molecule has 0 saturated carbocycles. The number of rotatable bonds is 8. The number of alkyl halides is 2. The predicted molar refractivity (Wildman–Crippen MR) is 226 cm³/mol. The zero-order chi connectivity index (χ0) is 45.6. The first-order valence-corrected chi connectivity index (χ1v) is 24.5. The highest BCUT2D eigenvalue weighted by atomic mass is 32.7. The predicted octanol–water partition coefficient (Wildman–Crippen LogP) is 6.04. The second kappa shape index (κ2) is 18.2. The topological polar surface area (TPSA) is 243 Å². The summed E-state index contributed by atoms with van der Waals surface area (Å²) in [4.78, 5) is 63.1. The summed E-state index contributed by atoms with van der Waals surface area (Å²) in [5, 5.41) is 0. The maximum Gasteiger partial charge on any atom is 0.472 e. The van der Waals surface area contributed by atoms with Crippen molar-refractivity contribution in [3.8, 4) is 5.75 Å². The van der Waals surface area contributed by atoms with E-state index >= 15 is 13.3 Å². The average molecular weight is 955 g/mol. The molecular formula is C41H38F2N6O13P2S. The van der Waals surface area contributed by atoms with Crippen molar-refractivity contribution in [2.24, 2.45) is 0 Å². The molecule has 340 valence electrons. The number of nitrogen functional groups attached to an aromatic ring is 1. The monoisotopic (exact) mass is 954 g/mol. The number of halogens is 2. The number of anilines is 1. The Labute approximate surface area is 372 Å². The first-order chi connectivity index (χ1) is 31.1. The molecule has 3 fully saturated rings. The molecule has 2 aromatic heterocycles. The summed E-state index contributed by atoms with van der Waals surface area (Å²) < 4.78 is 103. The molecule has 3 N–H and O–H groups in total. The van der Waals surface area contributed by atoms with Crippen molar-refractivity contribution < 1.29 is 69.5 Å². The van der Waals surface area contributed by atoms with Gasteiger partial charge in [-0.25, -0.2) is 37.7 Å².